The molecule has 3 N–H and O–H groups in total. The lowest BCUT2D eigenvalue weighted by molar-refractivity contribution is 0.0929. The number of fused-ring (bicyclic) bond motifs is 2. The molecule has 120 valence electrons. The maximum atomic E-state index is 12.7. The smallest absolute Gasteiger partial charge is 0.274 e. The number of amides is 1. The maximum Gasteiger partial charge on any atom is 0.274 e. The van der Waals surface area contributed by atoms with Crippen LogP contribution in [0, 0.1) is 0 Å². The van der Waals surface area contributed by atoms with Gasteiger partial charge in [-0.05, 0) is 42.5 Å². The number of carbonyl (C=O) groups is 1. The summed E-state index contributed by atoms with van der Waals surface area (Å²) in [6.07, 6.45) is 3.03. The van der Waals surface area contributed by atoms with Crippen molar-refractivity contribution >= 4 is 22.8 Å². The first-order valence-corrected chi connectivity index (χ1v) is 8.13. The second kappa shape index (κ2) is 5.92. The van der Waals surface area contributed by atoms with Crippen LogP contribution in [0.2, 0.25) is 0 Å². The molecule has 2 aromatic carbocycles. The zero-order chi connectivity index (χ0) is 16.5. The molecule has 1 atom stereocenters. The van der Waals surface area contributed by atoms with Crippen LogP contribution in [0.15, 0.2) is 48.5 Å². The van der Waals surface area contributed by atoms with Gasteiger partial charge in [-0.25, -0.2) is 9.97 Å². The van der Waals surface area contributed by atoms with Gasteiger partial charge >= 0.3 is 0 Å². The molecular weight excluding hydrogens is 300 g/mol. The van der Waals surface area contributed by atoms with Gasteiger partial charge in [0.05, 0.1) is 17.1 Å². The van der Waals surface area contributed by atoms with Crippen LogP contribution < -0.4 is 11.1 Å². The third kappa shape index (κ3) is 2.58. The fourth-order valence-corrected chi connectivity index (χ4v) is 3.31. The summed E-state index contributed by atoms with van der Waals surface area (Å²) in [5.41, 5.74) is 9.98. The second-order valence-electron chi connectivity index (χ2n) is 6.06. The summed E-state index contributed by atoms with van der Waals surface area (Å²) >= 11 is 0. The first kappa shape index (κ1) is 14.6. The maximum absolute atomic E-state index is 12.7. The van der Waals surface area contributed by atoms with Crippen LogP contribution in [0.5, 0.6) is 0 Å². The molecule has 5 nitrogen and oxygen atoms in total. The van der Waals surface area contributed by atoms with Crippen LogP contribution in [-0.2, 0) is 6.42 Å². The van der Waals surface area contributed by atoms with Crippen LogP contribution >= 0.6 is 0 Å². The predicted molar refractivity (Wildman–Crippen MR) is 93.5 cm³/mol. The van der Waals surface area contributed by atoms with Gasteiger partial charge in [-0.3, -0.25) is 4.79 Å². The topological polar surface area (TPSA) is 80.9 Å². The molecule has 0 radical (unpaired) electrons. The van der Waals surface area contributed by atoms with Crippen molar-refractivity contribution in [3.05, 3.63) is 65.4 Å². The van der Waals surface area contributed by atoms with Crippen LogP contribution in [0.25, 0.3) is 11.0 Å². The number of nitrogens with one attached hydrogen (secondary N) is 1. The first-order valence-electron chi connectivity index (χ1n) is 8.13. The highest BCUT2D eigenvalue weighted by molar-refractivity contribution is 5.98. The molecule has 4 rings (SSSR count). The SMILES string of the molecule is Nc1nc2ccccc2nc1C(=O)NC1CCCc2ccccc21. The molecule has 0 spiro atoms. The number of nitrogens with two attached hydrogens (primary N) is 1. The molecule has 1 amide bonds. The van der Waals surface area contributed by atoms with Gasteiger partial charge in [0, 0.05) is 0 Å². The number of nitrogens with zero attached hydrogens (tertiary/aromatic N) is 2. The van der Waals surface area contributed by atoms with Crippen LogP contribution in [0.1, 0.15) is 40.5 Å². The number of nitrogen functional groups attached to an aromatic ring is 1. The standard InChI is InChI=1S/C19H18N4O/c20-18-17(21-15-9-3-4-10-16(15)22-18)19(24)23-14-11-5-7-12-6-1-2-8-13(12)14/h1-4,6,8-10,14H,5,7,11H2,(H2,20,22)(H,23,24). The zero-order valence-electron chi connectivity index (χ0n) is 13.2. The largest absolute Gasteiger partial charge is 0.382 e. The molecule has 1 unspecified atom stereocenters. The molecule has 0 bridgehead atoms. The van der Waals surface area contributed by atoms with Crippen molar-refractivity contribution in [1.82, 2.24) is 15.3 Å². The molecule has 24 heavy (non-hydrogen) atoms. The highest BCUT2D eigenvalue weighted by Gasteiger charge is 2.23. The predicted octanol–water partition coefficient (Wildman–Crippen LogP) is 3.02. The fourth-order valence-electron chi connectivity index (χ4n) is 3.31. The molecule has 5 heteroatoms. The Labute approximate surface area is 139 Å². The Bertz CT molecular complexity index is 922. The monoisotopic (exact) mass is 318 g/mol. The summed E-state index contributed by atoms with van der Waals surface area (Å²) in [6, 6.07) is 15.6. The van der Waals surface area contributed by atoms with Crippen molar-refractivity contribution < 1.29 is 4.79 Å². The summed E-state index contributed by atoms with van der Waals surface area (Å²) in [5, 5.41) is 3.08. The highest BCUT2D eigenvalue weighted by Crippen LogP contribution is 2.29. The molecule has 0 fully saturated rings. The first-order chi connectivity index (χ1) is 11.7. The van der Waals surface area contributed by atoms with Crippen molar-refractivity contribution in [2.24, 2.45) is 0 Å². The van der Waals surface area contributed by atoms with E-state index < -0.39 is 0 Å². The molecule has 0 aliphatic heterocycles. The van der Waals surface area contributed by atoms with E-state index in [1.165, 1.54) is 11.1 Å². The Kier molecular flexibility index (Phi) is 3.61. The summed E-state index contributed by atoms with van der Waals surface area (Å²) in [5.74, 6) is -0.109. The van der Waals surface area contributed by atoms with Crippen molar-refractivity contribution in [3.63, 3.8) is 0 Å². The number of rotatable bonds is 2. The average molecular weight is 318 g/mol. The van der Waals surface area contributed by atoms with Gasteiger partial charge in [-0.2, -0.15) is 0 Å². The number of para-hydroxylation sites is 2. The number of aryl methyl sites for hydroxylation is 1. The number of hydrogen-bond donors (Lipinski definition) is 2. The third-order valence-corrected chi connectivity index (χ3v) is 4.49. The van der Waals surface area contributed by atoms with Crippen molar-refractivity contribution in [3.8, 4) is 0 Å². The van der Waals surface area contributed by atoms with Crippen molar-refractivity contribution in [2.75, 3.05) is 5.73 Å². The van der Waals surface area contributed by atoms with E-state index in [0.717, 1.165) is 19.3 Å². The molecule has 1 aromatic heterocycles. The van der Waals surface area contributed by atoms with Crippen LogP contribution in [-0.4, -0.2) is 15.9 Å². The van der Waals surface area contributed by atoms with E-state index in [9.17, 15) is 4.79 Å². The molecule has 3 aromatic rings. The summed E-state index contributed by atoms with van der Waals surface area (Å²) in [7, 11) is 0. The van der Waals surface area contributed by atoms with Crippen molar-refractivity contribution in [1.29, 1.82) is 0 Å². The van der Waals surface area contributed by atoms with Gasteiger partial charge in [0.1, 0.15) is 0 Å². The zero-order valence-corrected chi connectivity index (χ0v) is 13.2. The third-order valence-electron chi connectivity index (χ3n) is 4.49. The average Bonchev–Trinajstić information content (AvgIpc) is 2.61. The number of hydrogen-bond acceptors (Lipinski definition) is 4. The Hall–Kier alpha value is -2.95. The summed E-state index contributed by atoms with van der Waals surface area (Å²) in [4.78, 5) is 21.4. The number of carbonyl (C=O) groups excluding carboxylic acids is 1. The molecule has 1 heterocycles. The Morgan fingerprint density at radius 3 is 2.58 bits per heavy atom. The second-order valence-corrected chi connectivity index (χ2v) is 6.06. The van der Waals surface area contributed by atoms with Crippen LogP contribution in [0.3, 0.4) is 0 Å². The number of aromatic nitrogens is 2. The Morgan fingerprint density at radius 1 is 1.04 bits per heavy atom. The molecule has 0 saturated heterocycles. The fraction of sp³-hybridized carbons (Fsp3) is 0.211. The normalized spacial score (nSPS) is 16.6. The minimum Gasteiger partial charge on any atom is -0.382 e. The van der Waals surface area contributed by atoms with Crippen LogP contribution in [0.4, 0.5) is 5.82 Å². The van der Waals surface area contributed by atoms with Gasteiger partial charge < -0.3 is 11.1 Å². The van der Waals surface area contributed by atoms with E-state index in [2.05, 4.69) is 27.4 Å². The minimum atomic E-state index is -0.271. The van der Waals surface area contributed by atoms with Gasteiger partial charge in [-0.15, -0.1) is 0 Å². The van der Waals surface area contributed by atoms with E-state index in [4.69, 9.17) is 5.73 Å². The van der Waals surface area contributed by atoms with Gasteiger partial charge in [-0.1, -0.05) is 36.4 Å². The lowest BCUT2D eigenvalue weighted by Gasteiger charge is -2.26. The molecular formula is C19H18N4O. The lowest BCUT2D eigenvalue weighted by atomic mass is 9.87. The Morgan fingerprint density at radius 2 is 1.75 bits per heavy atom. The number of anilines is 1. The van der Waals surface area contributed by atoms with Gasteiger partial charge in [0.2, 0.25) is 0 Å². The van der Waals surface area contributed by atoms with Gasteiger partial charge in [0.15, 0.2) is 11.5 Å². The summed E-state index contributed by atoms with van der Waals surface area (Å²) in [6.45, 7) is 0. The summed E-state index contributed by atoms with van der Waals surface area (Å²) < 4.78 is 0. The van der Waals surface area contributed by atoms with Gasteiger partial charge in [0.25, 0.3) is 5.91 Å². The van der Waals surface area contributed by atoms with Crippen molar-refractivity contribution in [2.45, 2.75) is 25.3 Å². The molecule has 1 aliphatic carbocycles. The molecule has 0 saturated carbocycles. The van der Waals surface area contributed by atoms with E-state index >= 15 is 0 Å². The van der Waals surface area contributed by atoms with E-state index in [1.54, 1.807) is 0 Å². The van der Waals surface area contributed by atoms with E-state index in [1.807, 2.05) is 36.4 Å². The minimum absolute atomic E-state index is 0.00452. The molecule has 1 aliphatic rings. The lowest BCUT2D eigenvalue weighted by Crippen LogP contribution is -2.32. The number of benzene rings is 2. The van der Waals surface area contributed by atoms with E-state index in [0.29, 0.717) is 11.0 Å². The van der Waals surface area contributed by atoms with E-state index in [-0.39, 0.29) is 23.5 Å². The Balaban J connectivity index is 1.65. The quantitative estimate of drug-likeness (QED) is 0.761. The highest BCUT2D eigenvalue weighted by atomic mass is 16.2.